The summed E-state index contributed by atoms with van der Waals surface area (Å²) >= 11 is 0. The minimum Gasteiger partial charge on any atom is -0.381 e. The van der Waals surface area contributed by atoms with Gasteiger partial charge in [0.05, 0.1) is 0 Å². The van der Waals surface area contributed by atoms with Gasteiger partial charge in [-0.25, -0.2) is 0 Å². The number of nitrogens with one attached hydrogen (secondary N) is 1. The molecule has 0 aromatic heterocycles. The third-order valence-corrected chi connectivity index (χ3v) is 2.57. The fraction of sp³-hybridized carbons (Fsp3) is 0.429. The van der Waals surface area contributed by atoms with Crippen molar-refractivity contribution in [3.05, 3.63) is 42.5 Å². The van der Waals surface area contributed by atoms with Gasteiger partial charge in [-0.2, -0.15) is 0 Å². The second kappa shape index (κ2) is 6.33. The smallest absolute Gasteiger partial charge is 0.0372 e. The molecule has 16 heavy (non-hydrogen) atoms. The minimum atomic E-state index is 0.436. The number of para-hydroxylation sites is 1. The molecule has 0 saturated heterocycles. The number of hydrogen-bond acceptors (Lipinski definition) is 2. The Morgan fingerprint density at radius 3 is 2.75 bits per heavy atom. The molecule has 0 heterocycles. The van der Waals surface area contributed by atoms with Crippen molar-refractivity contribution in [2.24, 2.45) is 0 Å². The van der Waals surface area contributed by atoms with E-state index < -0.39 is 0 Å². The zero-order valence-corrected chi connectivity index (χ0v) is 10.5. The molecule has 1 aromatic rings. The lowest BCUT2D eigenvalue weighted by Crippen LogP contribution is -2.32. The number of hydrogen-bond donors (Lipinski definition) is 1. The molecule has 0 saturated carbocycles. The van der Waals surface area contributed by atoms with Crippen molar-refractivity contribution in [2.75, 3.05) is 25.5 Å². The van der Waals surface area contributed by atoms with Crippen molar-refractivity contribution < 1.29 is 0 Å². The zero-order valence-electron chi connectivity index (χ0n) is 10.5. The highest BCUT2D eigenvalue weighted by molar-refractivity contribution is 5.50. The van der Waals surface area contributed by atoms with Gasteiger partial charge in [-0.3, -0.25) is 0 Å². The molecule has 0 spiro atoms. The Balaban J connectivity index is 2.48. The van der Waals surface area contributed by atoms with E-state index >= 15 is 0 Å². The van der Waals surface area contributed by atoms with Crippen LogP contribution in [0.2, 0.25) is 0 Å². The van der Waals surface area contributed by atoms with E-state index in [4.69, 9.17) is 0 Å². The number of likely N-dealkylation sites (N-methyl/N-ethyl adjacent to an activating group) is 1. The Labute approximate surface area is 99.0 Å². The molecule has 0 fully saturated rings. The number of rotatable bonds is 6. The highest BCUT2D eigenvalue weighted by Crippen LogP contribution is 2.14. The maximum atomic E-state index is 3.74. The van der Waals surface area contributed by atoms with Gasteiger partial charge in [-0.15, -0.1) is 6.58 Å². The number of aryl methyl sites for hydroxylation is 1. The van der Waals surface area contributed by atoms with Gasteiger partial charge in [0.1, 0.15) is 0 Å². The second-order valence-electron chi connectivity index (χ2n) is 4.37. The summed E-state index contributed by atoms with van der Waals surface area (Å²) in [6, 6.07) is 8.82. The van der Waals surface area contributed by atoms with Gasteiger partial charge in [0.2, 0.25) is 0 Å². The molecular formula is C14H22N2. The van der Waals surface area contributed by atoms with Crippen molar-refractivity contribution >= 4 is 5.69 Å². The molecule has 1 unspecified atom stereocenters. The standard InChI is InChI=1S/C14H22N2/c1-5-10-16(4)11-13(3)15-14-9-7-6-8-12(14)2/h5-9,13,15H,1,10-11H2,2-4H3. The van der Waals surface area contributed by atoms with Crippen LogP contribution in [0, 0.1) is 6.92 Å². The SMILES string of the molecule is C=CCN(C)CC(C)Nc1ccccc1C. The summed E-state index contributed by atoms with van der Waals surface area (Å²) in [5, 5.41) is 3.52. The molecule has 0 aliphatic carbocycles. The summed E-state index contributed by atoms with van der Waals surface area (Å²) in [7, 11) is 2.11. The summed E-state index contributed by atoms with van der Waals surface area (Å²) < 4.78 is 0. The van der Waals surface area contributed by atoms with Gasteiger partial charge in [0, 0.05) is 24.8 Å². The first-order chi connectivity index (χ1) is 7.63. The summed E-state index contributed by atoms with van der Waals surface area (Å²) in [5.41, 5.74) is 2.52. The average molecular weight is 218 g/mol. The molecule has 1 N–H and O–H groups in total. The van der Waals surface area contributed by atoms with Gasteiger partial charge in [-0.1, -0.05) is 24.3 Å². The van der Waals surface area contributed by atoms with Crippen molar-refractivity contribution in [3.8, 4) is 0 Å². The van der Waals surface area contributed by atoms with Crippen LogP contribution in [-0.2, 0) is 0 Å². The molecule has 88 valence electrons. The first kappa shape index (κ1) is 12.8. The predicted octanol–water partition coefficient (Wildman–Crippen LogP) is 2.91. The van der Waals surface area contributed by atoms with E-state index in [1.807, 2.05) is 6.08 Å². The van der Waals surface area contributed by atoms with Crippen LogP contribution in [0.25, 0.3) is 0 Å². The van der Waals surface area contributed by atoms with Crippen LogP contribution in [0.1, 0.15) is 12.5 Å². The van der Waals surface area contributed by atoms with E-state index in [9.17, 15) is 0 Å². The van der Waals surface area contributed by atoms with Crippen LogP contribution in [-0.4, -0.2) is 31.1 Å². The highest BCUT2D eigenvalue weighted by atomic mass is 15.1. The molecule has 1 aromatic carbocycles. The summed E-state index contributed by atoms with van der Waals surface area (Å²) in [5.74, 6) is 0. The Morgan fingerprint density at radius 1 is 1.44 bits per heavy atom. The lowest BCUT2D eigenvalue weighted by molar-refractivity contribution is 0.357. The largest absolute Gasteiger partial charge is 0.381 e. The van der Waals surface area contributed by atoms with E-state index in [1.54, 1.807) is 0 Å². The molecule has 0 radical (unpaired) electrons. The predicted molar refractivity (Wildman–Crippen MR) is 72.0 cm³/mol. The Hall–Kier alpha value is -1.28. The first-order valence-corrected chi connectivity index (χ1v) is 5.75. The van der Waals surface area contributed by atoms with Crippen LogP contribution in [0.3, 0.4) is 0 Å². The van der Waals surface area contributed by atoms with E-state index in [-0.39, 0.29) is 0 Å². The normalized spacial score (nSPS) is 12.5. The fourth-order valence-corrected chi connectivity index (χ4v) is 1.81. The Kier molecular flexibility index (Phi) is 5.06. The molecule has 1 atom stereocenters. The monoisotopic (exact) mass is 218 g/mol. The molecule has 0 aliphatic heterocycles. The molecule has 0 amide bonds. The fourth-order valence-electron chi connectivity index (χ4n) is 1.81. The van der Waals surface area contributed by atoms with Gasteiger partial charge in [-0.05, 0) is 32.5 Å². The van der Waals surface area contributed by atoms with Crippen LogP contribution in [0.15, 0.2) is 36.9 Å². The van der Waals surface area contributed by atoms with Crippen molar-refractivity contribution in [1.82, 2.24) is 4.90 Å². The summed E-state index contributed by atoms with van der Waals surface area (Å²) in [4.78, 5) is 2.25. The number of benzene rings is 1. The van der Waals surface area contributed by atoms with Gasteiger partial charge in [0.25, 0.3) is 0 Å². The molecule has 2 heteroatoms. The second-order valence-corrected chi connectivity index (χ2v) is 4.37. The van der Waals surface area contributed by atoms with Gasteiger partial charge in [0.15, 0.2) is 0 Å². The molecule has 0 bridgehead atoms. The zero-order chi connectivity index (χ0) is 12.0. The maximum Gasteiger partial charge on any atom is 0.0372 e. The molecular weight excluding hydrogens is 196 g/mol. The highest BCUT2D eigenvalue weighted by Gasteiger charge is 2.05. The lowest BCUT2D eigenvalue weighted by Gasteiger charge is -2.22. The van der Waals surface area contributed by atoms with Crippen molar-refractivity contribution in [2.45, 2.75) is 19.9 Å². The van der Waals surface area contributed by atoms with Gasteiger partial charge >= 0.3 is 0 Å². The molecule has 2 nitrogen and oxygen atoms in total. The van der Waals surface area contributed by atoms with E-state index in [0.717, 1.165) is 13.1 Å². The third-order valence-electron chi connectivity index (χ3n) is 2.57. The number of anilines is 1. The molecule has 0 aliphatic rings. The maximum absolute atomic E-state index is 3.74. The van der Waals surface area contributed by atoms with Crippen LogP contribution >= 0.6 is 0 Å². The quantitative estimate of drug-likeness (QED) is 0.739. The topological polar surface area (TPSA) is 15.3 Å². The van der Waals surface area contributed by atoms with Crippen LogP contribution in [0.4, 0.5) is 5.69 Å². The van der Waals surface area contributed by atoms with Crippen molar-refractivity contribution in [3.63, 3.8) is 0 Å². The van der Waals surface area contributed by atoms with E-state index in [1.165, 1.54) is 11.3 Å². The van der Waals surface area contributed by atoms with Crippen LogP contribution < -0.4 is 5.32 Å². The Bertz CT molecular complexity index is 333. The van der Waals surface area contributed by atoms with E-state index in [2.05, 4.69) is 62.0 Å². The number of nitrogens with zero attached hydrogens (tertiary/aromatic N) is 1. The van der Waals surface area contributed by atoms with Crippen molar-refractivity contribution in [1.29, 1.82) is 0 Å². The Morgan fingerprint density at radius 2 is 2.12 bits per heavy atom. The summed E-state index contributed by atoms with van der Waals surface area (Å²) in [6.45, 7) is 10.0. The van der Waals surface area contributed by atoms with E-state index in [0.29, 0.717) is 6.04 Å². The van der Waals surface area contributed by atoms with Gasteiger partial charge < -0.3 is 10.2 Å². The first-order valence-electron chi connectivity index (χ1n) is 5.75. The average Bonchev–Trinajstić information content (AvgIpc) is 2.21. The minimum absolute atomic E-state index is 0.436. The lowest BCUT2D eigenvalue weighted by atomic mass is 10.2. The molecule has 1 rings (SSSR count). The van der Waals surface area contributed by atoms with Crippen LogP contribution in [0.5, 0.6) is 0 Å². The third kappa shape index (κ3) is 4.07. The summed E-state index contributed by atoms with van der Waals surface area (Å²) in [6.07, 6.45) is 1.93.